The fraction of sp³-hybridized carbons (Fsp3) is 0.364. The summed E-state index contributed by atoms with van der Waals surface area (Å²) in [6, 6.07) is 6.31. The Morgan fingerprint density at radius 1 is 1.47 bits per heavy atom. The van der Waals surface area contributed by atoms with E-state index in [2.05, 4.69) is 33.2 Å². The van der Waals surface area contributed by atoms with Crippen molar-refractivity contribution < 1.29 is 4.79 Å². The lowest BCUT2D eigenvalue weighted by atomic mass is 10.2. The minimum Gasteiger partial charge on any atom is -0.335 e. The van der Waals surface area contributed by atoms with Crippen LogP contribution in [0.4, 0.5) is 10.5 Å². The van der Waals surface area contributed by atoms with Crippen molar-refractivity contribution in [3.05, 3.63) is 27.3 Å². The molecule has 4 heteroatoms. The number of benzene rings is 1. The molecule has 2 rings (SSSR count). The maximum absolute atomic E-state index is 11.5. The molecule has 0 unspecified atom stereocenters. The first kappa shape index (κ1) is 10.7. The minimum atomic E-state index is -0.0948. The molecule has 0 radical (unpaired) electrons. The standard InChI is InChI=1S/C11H13IN2O/c1-7-2-3-8(12)6-10(7)14-11(15)13-9-4-5-9/h2-3,6,9H,4-5H2,1H3,(H2,13,14,15). The van der Waals surface area contributed by atoms with Crippen molar-refractivity contribution in [2.24, 2.45) is 0 Å². The lowest BCUT2D eigenvalue weighted by Crippen LogP contribution is -2.30. The molecule has 3 nitrogen and oxygen atoms in total. The highest BCUT2D eigenvalue weighted by Gasteiger charge is 2.23. The van der Waals surface area contributed by atoms with E-state index < -0.39 is 0 Å². The van der Waals surface area contributed by atoms with Crippen LogP contribution in [0.1, 0.15) is 18.4 Å². The lowest BCUT2D eigenvalue weighted by molar-refractivity contribution is 0.251. The summed E-state index contributed by atoms with van der Waals surface area (Å²) in [7, 11) is 0. The van der Waals surface area contributed by atoms with E-state index in [4.69, 9.17) is 0 Å². The monoisotopic (exact) mass is 316 g/mol. The van der Waals surface area contributed by atoms with Crippen molar-refractivity contribution >= 4 is 34.3 Å². The largest absolute Gasteiger partial charge is 0.335 e. The number of aryl methyl sites for hydroxylation is 1. The number of rotatable bonds is 2. The van der Waals surface area contributed by atoms with E-state index in [0.29, 0.717) is 6.04 Å². The maximum atomic E-state index is 11.5. The first-order chi connectivity index (χ1) is 7.15. The van der Waals surface area contributed by atoms with Crippen molar-refractivity contribution in [1.82, 2.24) is 5.32 Å². The number of nitrogens with one attached hydrogen (secondary N) is 2. The molecule has 1 saturated carbocycles. The number of amides is 2. The van der Waals surface area contributed by atoms with E-state index in [-0.39, 0.29) is 6.03 Å². The predicted octanol–water partition coefficient (Wildman–Crippen LogP) is 2.88. The summed E-state index contributed by atoms with van der Waals surface area (Å²) in [5.74, 6) is 0. The van der Waals surface area contributed by atoms with Gasteiger partial charge in [0.15, 0.2) is 0 Å². The van der Waals surface area contributed by atoms with Crippen molar-refractivity contribution in [3.8, 4) is 0 Å². The Balaban J connectivity index is 2.01. The summed E-state index contributed by atoms with van der Waals surface area (Å²) >= 11 is 2.23. The van der Waals surface area contributed by atoms with E-state index in [1.54, 1.807) is 0 Å². The van der Waals surface area contributed by atoms with E-state index in [1.165, 1.54) is 0 Å². The highest BCUT2D eigenvalue weighted by Crippen LogP contribution is 2.20. The van der Waals surface area contributed by atoms with Gasteiger partial charge in [-0.1, -0.05) is 6.07 Å². The molecule has 15 heavy (non-hydrogen) atoms. The average molecular weight is 316 g/mol. The molecule has 0 saturated heterocycles. The van der Waals surface area contributed by atoms with Crippen LogP contribution in [0.2, 0.25) is 0 Å². The van der Waals surface area contributed by atoms with E-state index in [9.17, 15) is 4.79 Å². The van der Waals surface area contributed by atoms with Crippen LogP contribution in [0.3, 0.4) is 0 Å². The Labute approximate surface area is 103 Å². The van der Waals surface area contributed by atoms with Gasteiger partial charge < -0.3 is 10.6 Å². The fourth-order valence-electron chi connectivity index (χ4n) is 1.30. The first-order valence-electron chi connectivity index (χ1n) is 4.99. The Bertz CT molecular complexity index is 388. The quantitative estimate of drug-likeness (QED) is 0.810. The zero-order valence-electron chi connectivity index (χ0n) is 8.51. The molecule has 80 valence electrons. The number of hydrogen-bond acceptors (Lipinski definition) is 1. The van der Waals surface area contributed by atoms with Crippen LogP contribution in [0.15, 0.2) is 18.2 Å². The van der Waals surface area contributed by atoms with Gasteiger partial charge in [-0.3, -0.25) is 0 Å². The molecule has 0 bridgehead atoms. The Kier molecular flexibility index (Phi) is 3.14. The average Bonchev–Trinajstić information content (AvgIpc) is 2.95. The van der Waals surface area contributed by atoms with Gasteiger partial charge in [0, 0.05) is 15.3 Å². The van der Waals surface area contributed by atoms with Gasteiger partial charge in [0.2, 0.25) is 0 Å². The zero-order valence-corrected chi connectivity index (χ0v) is 10.7. The molecule has 1 aliphatic carbocycles. The molecule has 1 aromatic rings. The van der Waals surface area contributed by atoms with Crippen LogP contribution in [0.5, 0.6) is 0 Å². The van der Waals surface area contributed by atoms with Crippen molar-refractivity contribution in [1.29, 1.82) is 0 Å². The third-order valence-electron chi connectivity index (χ3n) is 2.36. The lowest BCUT2D eigenvalue weighted by Gasteiger charge is -2.09. The second kappa shape index (κ2) is 4.38. The number of anilines is 1. The van der Waals surface area contributed by atoms with Crippen LogP contribution < -0.4 is 10.6 Å². The summed E-state index contributed by atoms with van der Waals surface area (Å²) in [6.45, 7) is 1.99. The van der Waals surface area contributed by atoms with Crippen LogP contribution in [0, 0.1) is 10.5 Å². The zero-order chi connectivity index (χ0) is 10.8. The molecule has 2 N–H and O–H groups in total. The smallest absolute Gasteiger partial charge is 0.319 e. The van der Waals surface area contributed by atoms with Crippen LogP contribution in [0.25, 0.3) is 0 Å². The Morgan fingerprint density at radius 3 is 2.87 bits per heavy atom. The van der Waals surface area contributed by atoms with Gasteiger partial charge in [0.25, 0.3) is 0 Å². The van der Waals surface area contributed by atoms with Crippen molar-refractivity contribution in [3.63, 3.8) is 0 Å². The summed E-state index contributed by atoms with van der Waals surface area (Å²) in [6.07, 6.45) is 2.22. The number of hydrogen-bond donors (Lipinski definition) is 2. The van der Waals surface area contributed by atoms with E-state index >= 15 is 0 Å². The van der Waals surface area contributed by atoms with E-state index in [0.717, 1.165) is 27.7 Å². The molecule has 1 aromatic carbocycles. The normalized spacial score (nSPS) is 14.8. The molecule has 0 aliphatic heterocycles. The molecule has 0 heterocycles. The third kappa shape index (κ3) is 3.09. The highest BCUT2D eigenvalue weighted by atomic mass is 127. The first-order valence-corrected chi connectivity index (χ1v) is 6.07. The summed E-state index contributed by atoms with van der Waals surface area (Å²) in [5, 5.41) is 5.76. The van der Waals surface area contributed by atoms with Crippen LogP contribution in [-0.4, -0.2) is 12.1 Å². The third-order valence-corrected chi connectivity index (χ3v) is 3.03. The van der Waals surface area contributed by atoms with Crippen molar-refractivity contribution in [2.45, 2.75) is 25.8 Å². The molecule has 0 aromatic heterocycles. The number of urea groups is 1. The van der Waals surface area contributed by atoms with Crippen molar-refractivity contribution in [2.75, 3.05) is 5.32 Å². The predicted molar refractivity (Wildman–Crippen MR) is 69.1 cm³/mol. The van der Waals surface area contributed by atoms with Gasteiger partial charge in [-0.05, 0) is 60.1 Å². The summed E-state index contributed by atoms with van der Waals surface area (Å²) in [4.78, 5) is 11.5. The topological polar surface area (TPSA) is 41.1 Å². The minimum absolute atomic E-state index is 0.0948. The van der Waals surface area contributed by atoms with Gasteiger partial charge in [0.05, 0.1) is 0 Å². The molecule has 0 atom stereocenters. The number of carbonyl (C=O) groups is 1. The molecule has 0 spiro atoms. The molecular formula is C11H13IN2O. The van der Waals surface area contributed by atoms with Gasteiger partial charge in [-0.2, -0.15) is 0 Å². The molecule has 1 fully saturated rings. The van der Waals surface area contributed by atoms with Gasteiger partial charge >= 0.3 is 6.03 Å². The van der Waals surface area contributed by atoms with Gasteiger partial charge in [-0.15, -0.1) is 0 Å². The van der Waals surface area contributed by atoms with Crippen LogP contribution in [-0.2, 0) is 0 Å². The van der Waals surface area contributed by atoms with Crippen LogP contribution >= 0.6 is 22.6 Å². The SMILES string of the molecule is Cc1ccc(I)cc1NC(=O)NC1CC1. The molecular weight excluding hydrogens is 303 g/mol. The van der Waals surface area contributed by atoms with Gasteiger partial charge in [-0.25, -0.2) is 4.79 Å². The summed E-state index contributed by atoms with van der Waals surface area (Å²) < 4.78 is 1.12. The molecule has 1 aliphatic rings. The second-order valence-electron chi connectivity index (χ2n) is 3.83. The second-order valence-corrected chi connectivity index (χ2v) is 5.08. The Morgan fingerprint density at radius 2 is 2.20 bits per heavy atom. The summed E-state index contributed by atoms with van der Waals surface area (Å²) in [5.41, 5.74) is 1.97. The number of carbonyl (C=O) groups excluding carboxylic acids is 1. The number of halogens is 1. The highest BCUT2D eigenvalue weighted by molar-refractivity contribution is 14.1. The van der Waals surface area contributed by atoms with E-state index in [1.807, 2.05) is 25.1 Å². The fourth-order valence-corrected chi connectivity index (χ4v) is 1.79. The maximum Gasteiger partial charge on any atom is 0.319 e. The van der Waals surface area contributed by atoms with Gasteiger partial charge in [0.1, 0.15) is 0 Å². The Hall–Kier alpha value is -0.780. The molecule has 2 amide bonds.